The highest BCUT2D eigenvalue weighted by molar-refractivity contribution is 7.80. The Labute approximate surface area is 126 Å². The molecule has 114 valence electrons. The van der Waals surface area contributed by atoms with E-state index in [0.717, 1.165) is 58.7 Å². The molecule has 2 aliphatic heterocycles. The SMILES string of the molecule is CCC(C(N)=S)N1CCN(C(=O)C2CCOCC2)CC1. The number of carbonyl (C=O) groups excluding carboxylic acids is 1. The maximum atomic E-state index is 12.4. The van der Waals surface area contributed by atoms with E-state index in [9.17, 15) is 4.79 Å². The van der Waals surface area contributed by atoms with E-state index in [1.165, 1.54) is 0 Å². The molecule has 0 spiro atoms. The number of hydrogen-bond donors (Lipinski definition) is 1. The van der Waals surface area contributed by atoms with Gasteiger partial charge in [0.15, 0.2) is 0 Å². The summed E-state index contributed by atoms with van der Waals surface area (Å²) in [7, 11) is 0. The van der Waals surface area contributed by atoms with Crippen molar-refractivity contribution in [3.63, 3.8) is 0 Å². The first-order valence-electron chi connectivity index (χ1n) is 7.53. The number of carbonyl (C=O) groups is 1. The van der Waals surface area contributed by atoms with E-state index in [-0.39, 0.29) is 12.0 Å². The van der Waals surface area contributed by atoms with Gasteiger partial charge in [0.1, 0.15) is 0 Å². The van der Waals surface area contributed by atoms with Crippen LogP contribution < -0.4 is 5.73 Å². The molecule has 0 saturated carbocycles. The monoisotopic (exact) mass is 299 g/mol. The topological polar surface area (TPSA) is 58.8 Å². The summed E-state index contributed by atoms with van der Waals surface area (Å²) in [6, 6.07) is 0.172. The summed E-state index contributed by atoms with van der Waals surface area (Å²) < 4.78 is 5.32. The van der Waals surface area contributed by atoms with E-state index in [2.05, 4.69) is 11.8 Å². The molecule has 1 unspecified atom stereocenters. The summed E-state index contributed by atoms with van der Waals surface area (Å²) in [5, 5.41) is 0. The molecule has 6 heteroatoms. The minimum absolute atomic E-state index is 0.160. The third kappa shape index (κ3) is 3.68. The van der Waals surface area contributed by atoms with Crippen molar-refractivity contribution in [1.29, 1.82) is 0 Å². The minimum Gasteiger partial charge on any atom is -0.392 e. The number of ether oxygens (including phenoxy) is 1. The Morgan fingerprint density at radius 3 is 2.40 bits per heavy atom. The van der Waals surface area contributed by atoms with Gasteiger partial charge in [-0.2, -0.15) is 0 Å². The first-order valence-corrected chi connectivity index (χ1v) is 7.94. The van der Waals surface area contributed by atoms with Crippen LogP contribution in [-0.2, 0) is 9.53 Å². The number of piperazine rings is 1. The Morgan fingerprint density at radius 2 is 1.90 bits per heavy atom. The lowest BCUT2D eigenvalue weighted by molar-refractivity contribution is -0.140. The van der Waals surface area contributed by atoms with E-state index in [1.807, 2.05) is 4.90 Å². The molecule has 0 aliphatic carbocycles. The van der Waals surface area contributed by atoms with Crippen molar-refractivity contribution in [3.8, 4) is 0 Å². The summed E-state index contributed by atoms with van der Waals surface area (Å²) in [6.07, 6.45) is 2.66. The van der Waals surface area contributed by atoms with Crippen LogP contribution in [0.4, 0.5) is 0 Å². The highest BCUT2D eigenvalue weighted by Gasteiger charge is 2.30. The fraction of sp³-hybridized carbons (Fsp3) is 0.857. The van der Waals surface area contributed by atoms with Crippen LogP contribution in [0, 0.1) is 5.92 Å². The number of nitrogens with zero attached hydrogens (tertiary/aromatic N) is 2. The summed E-state index contributed by atoms with van der Waals surface area (Å²) in [5.74, 6) is 0.462. The summed E-state index contributed by atoms with van der Waals surface area (Å²) in [5.41, 5.74) is 5.78. The Hall–Kier alpha value is -0.720. The highest BCUT2D eigenvalue weighted by atomic mass is 32.1. The number of hydrogen-bond acceptors (Lipinski definition) is 4. The van der Waals surface area contributed by atoms with E-state index in [1.54, 1.807) is 0 Å². The highest BCUT2D eigenvalue weighted by Crippen LogP contribution is 2.19. The van der Waals surface area contributed by atoms with Crippen LogP contribution in [0.1, 0.15) is 26.2 Å². The number of rotatable bonds is 4. The number of thiocarbonyl (C=S) groups is 1. The van der Waals surface area contributed by atoms with Gasteiger partial charge in [0, 0.05) is 45.3 Å². The number of amides is 1. The van der Waals surface area contributed by atoms with Gasteiger partial charge in [-0.05, 0) is 19.3 Å². The molecule has 2 aliphatic rings. The van der Waals surface area contributed by atoms with E-state index < -0.39 is 0 Å². The maximum Gasteiger partial charge on any atom is 0.225 e. The van der Waals surface area contributed by atoms with Gasteiger partial charge >= 0.3 is 0 Å². The van der Waals surface area contributed by atoms with Crippen molar-refractivity contribution in [1.82, 2.24) is 9.80 Å². The van der Waals surface area contributed by atoms with Crippen LogP contribution in [0.15, 0.2) is 0 Å². The lowest BCUT2D eigenvalue weighted by Crippen LogP contribution is -2.55. The summed E-state index contributed by atoms with van der Waals surface area (Å²) >= 11 is 5.12. The Morgan fingerprint density at radius 1 is 1.30 bits per heavy atom. The second kappa shape index (κ2) is 7.33. The van der Waals surface area contributed by atoms with Crippen molar-refractivity contribution >= 4 is 23.1 Å². The quantitative estimate of drug-likeness (QED) is 0.771. The van der Waals surface area contributed by atoms with Gasteiger partial charge in [-0.3, -0.25) is 9.69 Å². The molecule has 0 radical (unpaired) electrons. The van der Waals surface area contributed by atoms with Crippen LogP contribution >= 0.6 is 12.2 Å². The van der Waals surface area contributed by atoms with Gasteiger partial charge in [-0.25, -0.2) is 0 Å². The molecule has 0 aromatic rings. The molecule has 1 atom stereocenters. The molecule has 2 N–H and O–H groups in total. The van der Waals surface area contributed by atoms with Gasteiger partial charge in [0.05, 0.1) is 11.0 Å². The van der Waals surface area contributed by atoms with Crippen molar-refractivity contribution in [2.24, 2.45) is 11.7 Å². The van der Waals surface area contributed by atoms with Gasteiger partial charge in [0.2, 0.25) is 5.91 Å². The lowest BCUT2D eigenvalue weighted by Gasteiger charge is -2.40. The Balaban J connectivity index is 1.84. The van der Waals surface area contributed by atoms with Crippen molar-refractivity contribution in [2.75, 3.05) is 39.4 Å². The predicted octanol–water partition coefficient (Wildman–Crippen LogP) is 0.622. The van der Waals surface area contributed by atoms with Crippen molar-refractivity contribution in [2.45, 2.75) is 32.2 Å². The molecule has 0 aromatic heterocycles. The maximum absolute atomic E-state index is 12.4. The van der Waals surface area contributed by atoms with Crippen LogP contribution in [0.5, 0.6) is 0 Å². The second-order valence-electron chi connectivity index (χ2n) is 5.57. The Bertz CT molecular complexity index is 350. The largest absolute Gasteiger partial charge is 0.392 e. The predicted molar refractivity (Wildman–Crippen MR) is 82.6 cm³/mol. The van der Waals surface area contributed by atoms with E-state index in [4.69, 9.17) is 22.7 Å². The summed E-state index contributed by atoms with van der Waals surface area (Å²) in [6.45, 7) is 6.84. The van der Waals surface area contributed by atoms with E-state index in [0.29, 0.717) is 10.9 Å². The third-order valence-corrected chi connectivity index (χ3v) is 4.62. The molecule has 1 amide bonds. The smallest absolute Gasteiger partial charge is 0.225 e. The van der Waals surface area contributed by atoms with Gasteiger partial charge < -0.3 is 15.4 Å². The molecule has 2 fully saturated rings. The minimum atomic E-state index is 0.160. The molecular formula is C14H25N3O2S. The fourth-order valence-electron chi connectivity index (χ4n) is 3.10. The molecule has 0 bridgehead atoms. The summed E-state index contributed by atoms with van der Waals surface area (Å²) in [4.78, 5) is 17.3. The van der Waals surface area contributed by atoms with Crippen LogP contribution in [-0.4, -0.2) is 66.1 Å². The Kier molecular flexibility index (Phi) is 5.74. The molecule has 2 saturated heterocycles. The van der Waals surface area contributed by atoms with Crippen LogP contribution in [0.3, 0.4) is 0 Å². The molecule has 5 nitrogen and oxygen atoms in total. The first-order chi connectivity index (χ1) is 9.63. The van der Waals surface area contributed by atoms with Gasteiger partial charge in [-0.15, -0.1) is 0 Å². The van der Waals surface area contributed by atoms with Crippen LogP contribution in [0.2, 0.25) is 0 Å². The van der Waals surface area contributed by atoms with Gasteiger partial charge in [0.25, 0.3) is 0 Å². The zero-order chi connectivity index (χ0) is 14.5. The van der Waals surface area contributed by atoms with Crippen molar-refractivity contribution in [3.05, 3.63) is 0 Å². The van der Waals surface area contributed by atoms with E-state index >= 15 is 0 Å². The van der Waals surface area contributed by atoms with Gasteiger partial charge in [-0.1, -0.05) is 19.1 Å². The second-order valence-corrected chi connectivity index (χ2v) is 6.05. The molecule has 2 heterocycles. The first kappa shape index (κ1) is 15.7. The zero-order valence-corrected chi connectivity index (χ0v) is 13.0. The average Bonchev–Trinajstić information content (AvgIpc) is 2.48. The molecule has 20 heavy (non-hydrogen) atoms. The fourth-order valence-corrected chi connectivity index (χ4v) is 3.41. The van der Waals surface area contributed by atoms with Crippen molar-refractivity contribution < 1.29 is 9.53 Å². The lowest BCUT2D eigenvalue weighted by atomic mass is 9.98. The standard InChI is InChI=1S/C14H25N3O2S/c1-2-12(13(15)20)16-5-7-17(8-6-16)14(18)11-3-9-19-10-4-11/h11-12H,2-10H2,1H3,(H2,15,20). The average molecular weight is 299 g/mol. The third-order valence-electron chi connectivity index (χ3n) is 4.35. The van der Waals surface area contributed by atoms with Crippen LogP contribution in [0.25, 0.3) is 0 Å². The molecular weight excluding hydrogens is 274 g/mol. The zero-order valence-electron chi connectivity index (χ0n) is 12.2. The number of nitrogens with two attached hydrogens (primary N) is 1. The normalized spacial score (nSPS) is 23.6. The molecule has 0 aromatic carbocycles. The molecule has 2 rings (SSSR count).